The Balaban J connectivity index is 1.65. The SMILES string of the molecule is CC(C)(NCOOC1CC(C)(C)N([O])C(C)(C)C1)c1cccc(C(C)(C)C(NO)OC2CC(C)(C)N([O])C(C)(C)C2)c1. The maximum Gasteiger partial charge on any atom is 0.139 e. The van der Waals surface area contributed by atoms with E-state index in [0.717, 1.165) is 11.1 Å². The highest BCUT2D eigenvalue weighted by atomic mass is 17.2. The molecule has 0 saturated carbocycles. The van der Waals surface area contributed by atoms with Crippen molar-refractivity contribution in [2.24, 2.45) is 0 Å². The first-order chi connectivity index (χ1) is 19.0. The van der Waals surface area contributed by atoms with Crippen molar-refractivity contribution in [3.05, 3.63) is 35.4 Å². The van der Waals surface area contributed by atoms with Gasteiger partial charge in [-0.1, -0.05) is 38.1 Å². The fourth-order valence-electron chi connectivity index (χ4n) is 6.96. The van der Waals surface area contributed by atoms with Crippen molar-refractivity contribution in [3.63, 3.8) is 0 Å². The van der Waals surface area contributed by atoms with Crippen molar-refractivity contribution in [2.45, 2.75) is 160 Å². The van der Waals surface area contributed by atoms with E-state index in [1.165, 1.54) is 10.1 Å². The second kappa shape index (κ2) is 12.3. The summed E-state index contributed by atoms with van der Waals surface area (Å²) in [6.07, 6.45) is 1.26. The summed E-state index contributed by atoms with van der Waals surface area (Å²) < 4.78 is 6.48. The van der Waals surface area contributed by atoms with Gasteiger partial charge in [-0.25, -0.2) is 9.78 Å². The average Bonchev–Trinajstić information content (AvgIpc) is 2.86. The van der Waals surface area contributed by atoms with E-state index in [4.69, 9.17) is 14.5 Å². The van der Waals surface area contributed by atoms with Crippen LogP contribution in [0.25, 0.3) is 0 Å². The Hall–Kier alpha value is -1.18. The lowest BCUT2D eigenvalue weighted by Gasteiger charge is -2.50. The van der Waals surface area contributed by atoms with E-state index in [1.807, 2.05) is 81.4 Å². The van der Waals surface area contributed by atoms with Crippen LogP contribution < -0.4 is 10.8 Å². The molecule has 240 valence electrons. The predicted molar refractivity (Wildman–Crippen MR) is 160 cm³/mol. The van der Waals surface area contributed by atoms with Crippen LogP contribution in [0.4, 0.5) is 0 Å². The lowest BCUT2D eigenvalue weighted by atomic mass is 9.78. The largest absolute Gasteiger partial charge is 0.357 e. The molecule has 2 aliphatic heterocycles. The molecule has 10 heteroatoms. The molecule has 3 rings (SSSR count). The number of hydrogen-bond acceptors (Lipinski definition) is 8. The van der Waals surface area contributed by atoms with Crippen molar-refractivity contribution < 1.29 is 30.1 Å². The second-order valence-corrected chi connectivity index (χ2v) is 16.0. The monoisotopic (exact) mass is 592 g/mol. The Bertz CT molecular complexity index is 1020. The van der Waals surface area contributed by atoms with E-state index < -0.39 is 39.3 Å². The minimum absolute atomic E-state index is 0.172. The lowest BCUT2D eigenvalue weighted by molar-refractivity contribution is -0.370. The van der Waals surface area contributed by atoms with Crippen molar-refractivity contribution in [1.29, 1.82) is 0 Å². The molecule has 2 fully saturated rings. The van der Waals surface area contributed by atoms with Crippen LogP contribution in [0.2, 0.25) is 0 Å². The van der Waals surface area contributed by atoms with Gasteiger partial charge in [-0.05, 0) is 106 Å². The molecule has 2 heterocycles. The molecule has 0 aromatic heterocycles. The van der Waals surface area contributed by atoms with E-state index in [9.17, 15) is 15.6 Å². The Morgan fingerprint density at radius 2 is 1.29 bits per heavy atom. The first-order valence-corrected chi connectivity index (χ1v) is 15.2. The predicted octanol–water partition coefficient (Wildman–Crippen LogP) is 5.75. The van der Waals surface area contributed by atoms with Gasteiger partial charge in [-0.15, -0.1) is 20.5 Å². The number of ether oxygens (including phenoxy) is 1. The Morgan fingerprint density at radius 3 is 1.76 bits per heavy atom. The zero-order valence-corrected chi connectivity index (χ0v) is 28.0. The van der Waals surface area contributed by atoms with Crippen molar-refractivity contribution in [3.8, 4) is 0 Å². The average molecular weight is 593 g/mol. The summed E-state index contributed by atoms with van der Waals surface area (Å²) in [5.74, 6) is 0. The molecule has 3 N–H and O–H groups in total. The van der Waals surface area contributed by atoms with E-state index in [2.05, 4.69) is 36.8 Å². The minimum atomic E-state index is -0.690. The molecule has 2 aliphatic rings. The van der Waals surface area contributed by atoms with Gasteiger partial charge < -0.3 is 9.94 Å². The van der Waals surface area contributed by atoms with E-state index in [-0.39, 0.29) is 18.9 Å². The van der Waals surface area contributed by atoms with Gasteiger partial charge in [0.1, 0.15) is 13.0 Å². The number of piperidine rings is 2. The van der Waals surface area contributed by atoms with Gasteiger partial charge >= 0.3 is 0 Å². The minimum Gasteiger partial charge on any atom is -0.357 e. The Morgan fingerprint density at radius 1 is 0.833 bits per heavy atom. The zero-order valence-electron chi connectivity index (χ0n) is 28.0. The molecule has 42 heavy (non-hydrogen) atoms. The lowest BCUT2D eigenvalue weighted by Crippen LogP contribution is -2.61. The van der Waals surface area contributed by atoms with E-state index in [0.29, 0.717) is 25.7 Å². The molecule has 0 spiro atoms. The number of benzene rings is 1. The van der Waals surface area contributed by atoms with E-state index >= 15 is 0 Å². The van der Waals surface area contributed by atoms with Gasteiger partial charge in [0.25, 0.3) is 0 Å². The van der Waals surface area contributed by atoms with Crippen LogP contribution in [0.1, 0.15) is 120 Å². The molecule has 1 unspecified atom stereocenters. The number of nitrogens with one attached hydrogen (secondary N) is 2. The second-order valence-electron chi connectivity index (χ2n) is 16.0. The summed E-state index contributed by atoms with van der Waals surface area (Å²) >= 11 is 0. The van der Waals surface area contributed by atoms with Crippen molar-refractivity contribution in [2.75, 3.05) is 6.73 Å². The molecule has 2 saturated heterocycles. The summed E-state index contributed by atoms with van der Waals surface area (Å²) in [6.45, 7) is 23.9. The summed E-state index contributed by atoms with van der Waals surface area (Å²) in [5.41, 5.74) is 1.19. The standard InChI is InChI=1S/C32H56N4O6/c1-27(2)17-24(18-28(3,4)35(27)38)41-26(34-37)31(9,10)22-14-13-15-23(16-22)32(11,12)33-21-40-42-25-19-29(5,6)36(39)30(7,8)20-25/h13-16,24-26,33-34,37H,17-21H2,1-12H3. The smallest absolute Gasteiger partial charge is 0.139 e. The maximum absolute atomic E-state index is 12.8. The van der Waals surface area contributed by atoms with Crippen molar-refractivity contribution in [1.82, 2.24) is 20.9 Å². The van der Waals surface area contributed by atoms with Gasteiger partial charge in [0.2, 0.25) is 0 Å². The fourth-order valence-corrected chi connectivity index (χ4v) is 6.96. The molecule has 1 atom stereocenters. The highest BCUT2D eigenvalue weighted by Gasteiger charge is 2.49. The molecular weight excluding hydrogens is 536 g/mol. The molecule has 2 radical (unpaired) electrons. The summed E-state index contributed by atoms with van der Waals surface area (Å²) in [5, 5.41) is 41.4. The Labute approximate surface area is 253 Å². The third kappa shape index (κ3) is 7.72. The highest BCUT2D eigenvalue weighted by Crippen LogP contribution is 2.41. The van der Waals surface area contributed by atoms with Gasteiger partial charge in [-0.2, -0.15) is 5.48 Å². The summed E-state index contributed by atoms with van der Waals surface area (Å²) in [6, 6.07) is 8.21. The van der Waals surface area contributed by atoms with Crippen LogP contribution >= 0.6 is 0 Å². The van der Waals surface area contributed by atoms with Crippen LogP contribution in [0.3, 0.4) is 0 Å². The first-order valence-electron chi connectivity index (χ1n) is 15.2. The summed E-state index contributed by atoms with van der Waals surface area (Å²) in [7, 11) is 0. The summed E-state index contributed by atoms with van der Waals surface area (Å²) in [4.78, 5) is 11.4. The van der Waals surface area contributed by atoms with Gasteiger partial charge in [0.05, 0.1) is 12.2 Å². The molecule has 1 aromatic carbocycles. The first kappa shape index (κ1) is 35.3. The maximum atomic E-state index is 12.8. The van der Waals surface area contributed by atoms with Crippen LogP contribution in [0, 0.1) is 0 Å². The topological polar surface area (TPSA) is 118 Å². The van der Waals surface area contributed by atoms with Crippen LogP contribution in [-0.2, 0) is 35.9 Å². The number of hydrogen-bond donors (Lipinski definition) is 3. The normalized spacial score (nSPS) is 24.5. The molecule has 0 amide bonds. The van der Waals surface area contributed by atoms with Crippen LogP contribution in [0.5, 0.6) is 0 Å². The number of nitrogens with zero attached hydrogens (tertiary/aromatic N) is 2. The zero-order chi connectivity index (χ0) is 31.9. The molecule has 10 nitrogen and oxygen atoms in total. The fraction of sp³-hybridized carbons (Fsp3) is 0.812. The third-order valence-electron chi connectivity index (χ3n) is 9.31. The van der Waals surface area contributed by atoms with Gasteiger partial charge in [0, 0.05) is 33.1 Å². The molecule has 1 aromatic rings. The molecule has 0 aliphatic carbocycles. The van der Waals surface area contributed by atoms with Gasteiger partial charge in [0.15, 0.2) is 0 Å². The quantitative estimate of drug-likeness (QED) is 0.129. The van der Waals surface area contributed by atoms with Crippen molar-refractivity contribution >= 4 is 0 Å². The number of rotatable bonds is 11. The Kier molecular flexibility index (Phi) is 10.3. The van der Waals surface area contributed by atoms with Crippen LogP contribution in [-0.4, -0.2) is 62.7 Å². The molecule has 0 bridgehead atoms. The van der Waals surface area contributed by atoms with E-state index in [1.54, 1.807) is 0 Å². The van der Waals surface area contributed by atoms with Crippen LogP contribution in [0.15, 0.2) is 24.3 Å². The number of hydroxylamine groups is 5. The van der Waals surface area contributed by atoms with Gasteiger partial charge in [-0.3, -0.25) is 5.32 Å². The highest BCUT2D eigenvalue weighted by molar-refractivity contribution is 5.33. The molecular formula is C32H56N4O6. The third-order valence-corrected chi connectivity index (χ3v) is 9.31.